The lowest BCUT2D eigenvalue weighted by Crippen LogP contribution is -2.41. The number of amides is 1. The van der Waals surface area contributed by atoms with Crippen LogP contribution >= 0.6 is 23.2 Å². The number of rotatable bonds is 6. The summed E-state index contributed by atoms with van der Waals surface area (Å²) in [5.41, 5.74) is -0.304. The average Bonchev–Trinajstić information content (AvgIpc) is 2.39. The van der Waals surface area contributed by atoms with E-state index in [0.29, 0.717) is 22.0 Å². The van der Waals surface area contributed by atoms with Crippen LogP contribution in [0, 0.1) is 5.41 Å². The fraction of sp³-hybridized carbons (Fsp3) is 0.429. The zero-order chi connectivity index (χ0) is 15.3. The summed E-state index contributed by atoms with van der Waals surface area (Å²) in [6.07, 6.45) is 0.528. The highest BCUT2D eigenvalue weighted by atomic mass is 35.5. The highest BCUT2D eigenvalue weighted by molar-refractivity contribution is 6.35. The molecule has 0 fully saturated rings. The summed E-state index contributed by atoms with van der Waals surface area (Å²) in [5.74, 6) is -1.19. The smallest absolute Gasteiger partial charge is 0.311 e. The summed E-state index contributed by atoms with van der Waals surface area (Å²) in [7, 11) is 0. The first-order chi connectivity index (χ1) is 9.28. The van der Waals surface area contributed by atoms with Crippen molar-refractivity contribution in [1.29, 1.82) is 0 Å². The van der Waals surface area contributed by atoms with Crippen molar-refractivity contribution in [2.75, 3.05) is 6.54 Å². The molecule has 0 aliphatic heterocycles. The standard InChI is InChI=1S/C14H17Cl2NO3/c1-3-14(2,13(19)20)8-17-12(18)6-9-4-5-10(15)7-11(9)16/h4-5,7H,3,6,8H2,1-2H3,(H,17,18)(H,19,20). The first-order valence-electron chi connectivity index (χ1n) is 6.22. The molecule has 110 valence electrons. The van der Waals surface area contributed by atoms with Gasteiger partial charge in [0.05, 0.1) is 11.8 Å². The Morgan fingerprint density at radius 3 is 2.50 bits per heavy atom. The van der Waals surface area contributed by atoms with Crippen molar-refractivity contribution < 1.29 is 14.7 Å². The average molecular weight is 318 g/mol. The van der Waals surface area contributed by atoms with Gasteiger partial charge in [0.1, 0.15) is 0 Å². The van der Waals surface area contributed by atoms with Gasteiger partial charge in [-0.05, 0) is 31.0 Å². The van der Waals surface area contributed by atoms with E-state index in [1.54, 1.807) is 32.0 Å². The number of nitrogens with one attached hydrogen (secondary N) is 1. The second-order valence-electron chi connectivity index (χ2n) is 4.91. The highest BCUT2D eigenvalue weighted by Crippen LogP contribution is 2.22. The molecular formula is C14H17Cl2NO3. The van der Waals surface area contributed by atoms with Crippen LogP contribution in [0.25, 0.3) is 0 Å². The molecule has 0 heterocycles. The molecule has 0 saturated carbocycles. The number of carbonyl (C=O) groups excluding carboxylic acids is 1. The third-order valence-electron chi connectivity index (χ3n) is 3.34. The zero-order valence-corrected chi connectivity index (χ0v) is 12.9. The Bertz CT molecular complexity index is 519. The Labute approximate surface area is 128 Å². The van der Waals surface area contributed by atoms with Crippen LogP contribution in [-0.2, 0) is 16.0 Å². The van der Waals surface area contributed by atoms with E-state index in [-0.39, 0.29) is 18.9 Å². The van der Waals surface area contributed by atoms with Gasteiger partial charge in [0.25, 0.3) is 0 Å². The van der Waals surface area contributed by atoms with Gasteiger partial charge in [-0.2, -0.15) is 0 Å². The first-order valence-corrected chi connectivity index (χ1v) is 6.98. The number of halogens is 2. The SMILES string of the molecule is CCC(C)(CNC(=O)Cc1ccc(Cl)cc1Cl)C(=O)O. The molecule has 20 heavy (non-hydrogen) atoms. The van der Waals surface area contributed by atoms with Gasteiger partial charge in [-0.15, -0.1) is 0 Å². The van der Waals surface area contributed by atoms with Gasteiger partial charge in [0.2, 0.25) is 5.91 Å². The monoisotopic (exact) mass is 317 g/mol. The minimum atomic E-state index is -0.959. The summed E-state index contributed by atoms with van der Waals surface area (Å²) in [5, 5.41) is 12.7. The number of hydrogen-bond donors (Lipinski definition) is 2. The summed E-state index contributed by atoms with van der Waals surface area (Å²) in [6, 6.07) is 4.91. The molecule has 0 radical (unpaired) electrons. The normalized spacial score (nSPS) is 13.6. The molecule has 0 saturated heterocycles. The molecule has 0 bridgehead atoms. The maximum absolute atomic E-state index is 11.8. The van der Waals surface area contributed by atoms with Crippen LogP contribution in [0.1, 0.15) is 25.8 Å². The van der Waals surface area contributed by atoms with Gasteiger partial charge in [0.15, 0.2) is 0 Å². The lowest BCUT2D eigenvalue weighted by molar-refractivity contribution is -0.148. The van der Waals surface area contributed by atoms with E-state index in [1.807, 2.05) is 0 Å². The second-order valence-corrected chi connectivity index (χ2v) is 5.75. The third-order valence-corrected chi connectivity index (χ3v) is 3.93. The molecule has 1 rings (SSSR count). The van der Waals surface area contributed by atoms with E-state index in [4.69, 9.17) is 28.3 Å². The predicted octanol–water partition coefficient (Wildman–Crippen LogP) is 3.15. The fourth-order valence-corrected chi connectivity index (χ4v) is 2.02. The van der Waals surface area contributed by atoms with Crippen LogP contribution in [0.4, 0.5) is 0 Å². The Balaban J connectivity index is 2.62. The van der Waals surface area contributed by atoms with Crippen molar-refractivity contribution in [3.63, 3.8) is 0 Å². The summed E-state index contributed by atoms with van der Waals surface area (Å²) < 4.78 is 0. The minimum absolute atomic E-state index is 0.0862. The summed E-state index contributed by atoms with van der Waals surface area (Å²) >= 11 is 11.8. The fourth-order valence-electron chi connectivity index (χ4n) is 1.55. The topological polar surface area (TPSA) is 66.4 Å². The van der Waals surface area contributed by atoms with E-state index in [2.05, 4.69) is 5.32 Å². The second kappa shape index (κ2) is 6.95. The Morgan fingerprint density at radius 2 is 2.00 bits per heavy atom. The lowest BCUT2D eigenvalue weighted by atomic mass is 9.87. The summed E-state index contributed by atoms with van der Waals surface area (Å²) in [4.78, 5) is 23.0. The Morgan fingerprint density at radius 1 is 1.35 bits per heavy atom. The largest absolute Gasteiger partial charge is 0.481 e. The van der Waals surface area contributed by atoms with Crippen LogP contribution < -0.4 is 5.32 Å². The number of aliphatic carboxylic acids is 1. The van der Waals surface area contributed by atoms with Gasteiger partial charge in [-0.3, -0.25) is 9.59 Å². The number of carboxylic acids is 1. The van der Waals surface area contributed by atoms with E-state index in [1.165, 1.54) is 0 Å². The molecule has 6 heteroatoms. The van der Waals surface area contributed by atoms with Crippen molar-refractivity contribution in [3.8, 4) is 0 Å². The van der Waals surface area contributed by atoms with Crippen LogP contribution in [0.15, 0.2) is 18.2 Å². The van der Waals surface area contributed by atoms with Gasteiger partial charge < -0.3 is 10.4 Å². The van der Waals surface area contributed by atoms with Crippen LogP contribution in [0.5, 0.6) is 0 Å². The first kappa shape index (κ1) is 16.8. The maximum atomic E-state index is 11.8. The highest BCUT2D eigenvalue weighted by Gasteiger charge is 2.31. The van der Waals surface area contributed by atoms with Gasteiger partial charge in [-0.1, -0.05) is 36.2 Å². The van der Waals surface area contributed by atoms with Crippen molar-refractivity contribution in [1.82, 2.24) is 5.32 Å². The molecular weight excluding hydrogens is 301 g/mol. The van der Waals surface area contributed by atoms with E-state index in [9.17, 15) is 9.59 Å². The molecule has 0 aliphatic carbocycles. The van der Waals surface area contributed by atoms with Crippen LogP contribution in [-0.4, -0.2) is 23.5 Å². The van der Waals surface area contributed by atoms with Gasteiger partial charge in [0, 0.05) is 16.6 Å². The van der Waals surface area contributed by atoms with Crippen molar-refractivity contribution in [2.45, 2.75) is 26.7 Å². The Hall–Kier alpha value is -1.26. The van der Waals surface area contributed by atoms with Crippen molar-refractivity contribution >= 4 is 35.1 Å². The molecule has 1 unspecified atom stereocenters. The molecule has 0 aliphatic rings. The third kappa shape index (κ3) is 4.39. The molecule has 0 spiro atoms. The number of hydrogen-bond acceptors (Lipinski definition) is 2. The molecule has 1 aromatic rings. The molecule has 0 aromatic heterocycles. The maximum Gasteiger partial charge on any atom is 0.311 e. The van der Waals surface area contributed by atoms with E-state index in [0.717, 1.165) is 0 Å². The molecule has 1 aromatic carbocycles. The quantitative estimate of drug-likeness (QED) is 0.847. The van der Waals surface area contributed by atoms with E-state index >= 15 is 0 Å². The van der Waals surface area contributed by atoms with E-state index < -0.39 is 11.4 Å². The molecule has 1 amide bonds. The summed E-state index contributed by atoms with van der Waals surface area (Å²) in [6.45, 7) is 3.46. The van der Waals surface area contributed by atoms with Crippen LogP contribution in [0.2, 0.25) is 10.0 Å². The molecule has 1 atom stereocenters. The number of carboxylic acid groups (broad SMARTS) is 1. The lowest BCUT2D eigenvalue weighted by Gasteiger charge is -2.23. The predicted molar refractivity (Wildman–Crippen MR) is 79.2 cm³/mol. The number of benzene rings is 1. The molecule has 4 nitrogen and oxygen atoms in total. The Kier molecular flexibility index (Phi) is 5.84. The minimum Gasteiger partial charge on any atom is -0.481 e. The van der Waals surface area contributed by atoms with Crippen molar-refractivity contribution in [3.05, 3.63) is 33.8 Å². The van der Waals surface area contributed by atoms with Gasteiger partial charge >= 0.3 is 5.97 Å². The number of carbonyl (C=O) groups is 2. The van der Waals surface area contributed by atoms with Gasteiger partial charge in [-0.25, -0.2) is 0 Å². The molecule has 2 N–H and O–H groups in total. The van der Waals surface area contributed by atoms with Crippen LogP contribution in [0.3, 0.4) is 0 Å². The zero-order valence-electron chi connectivity index (χ0n) is 11.4. The van der Waals surface area contributed by atoms with Crippen molar-refractivity contribution in [2.24, 2.45) is 5.41 Å².